The van der Waals surface area contributed by atoms with Gasteiger partial charge in [-0.2, -0.15) is 10.2 Å². The minimum atomic E-state index is -3.86. The number of benzene rings is 2. The van der Waals surface area contributed by atoms with Gasteiger partial charge in [-0.1, -0.05) is 18.2 Å². The molecular weight excluding hydrogens is 456 g/mol. The molecule has 4 aromatic rings. The topological polar surface area (TPSA) is 186 Å². The zero-order valence-corrected chi connectivity index (χ0v) is 18.3. The number of sulfonamides is 1. The number of nitrogens with zero attached hydrogens (tertiary/aromatic N) is 7. The van der Waals surface area contributed by atoms with E-state index in [0.717, 1.165) is 0 Å². The van der Waals surface area contributed by atoms with Gasteiger partial charge in [0.2, 0.25) is 5.95 Å². The zero-order valence-electron chi connectivity index (χ0n) is 17.5. The Balaban J connectivity index is 1.51. The Morgan fingerprint density at radius 2 is 1.26 bits per heavy atom. The summed E-state index contributed by atoms with van der Waals surface area (Å²) >= 11 is 0. The second-order valence-corrected chi connectivity index (χ2v) is 8.39. The van der Waals surface area contributed by atoms with Crippen LogP contribution in [-0.4, -0.2) is 23.4 Å². The normalized spacial score (nSPS) is 11.8. The SMILES string of the molecule is Nc1nc(N)c(N=Nc2ccc(S(=O)(=O)Nc3ncccn3)cc2)cc1N=Nc1ccccc1. The molecule has 2 aromatic heterocycles. The van der Waals surface area contributed by atoms with Crippen LogP contribution in [0.5, 0.6) is 0 Å². The summed E-state index contributed by atoms with van der Waals surface area (Å²) in [5.74, 6) is 0.129. The fourth-order valence-electron chi connectivity index (χ4n) is 2.62. The summed E-state index contributed by atoms with van der Waals surface area (Å²) < 4.78 is 27.2. The lowest BCUT2D eigenvalue weighted by molar-refractivity contribution is 0.601. The van der Waals surface area contributed by atoms with E-state index in [4.69, 9.17) is 11.5 Å². The molecule has 0 radical (unpaired) electrons. The number of pyridine rings is 1. The highest BCUT2D eigenvalue weighted by molar-refractivity contribution is 7.92. The maximum Gasteiger partial charge on any atom is 0.264 e. The number of aromatic nitrogens is 3. The second-order valence-electron chi connectivity index (χ2n) is 6.70. The van der Waals surface area contributed by atoms with Crippen LogP contribution in [0.25, 0.3) is 0 Å². The first-order valence-electron chi connectivity index (χ1n) is 9.75. The van der Waals surface area contributed by atoms with Gasteiger partial charge < -0.3 is 11.5 Å². The third-order valence-electron chi connectivity index (χ3n) is 4.28. The highest BCUT2D eigenvalue weighted by atomic mass is 32.2. The van der Waals surface area contributed by atoms with E-state index in [2.05, 4.69) is 40.1 Å². The summed E-state index contributed by atoms with van der Waals surface area (Å²) in [6, 6.07) is 17.9. The fraction of sp³-hybridized carbons (Fsp3) is 0. The van der Waals surface area contributed by atoms with E-state index in [9.17, 15) is 8.42 Å². The molecule has 0 bridgehead atoms. The predicted octanol–water partition coefficient (Wildman–Crippen LogP) is 4.67. The van der Waals surface area contributed by atoms with Gasteiger partial charge in [-0.15, -0.1) is 10.2 Å². The summed E-state index contributed by atoms with van der Waals surface area (Å²) in [5.41, 5.74) is 13.3. The molecule has 0 aliphatic heterocycles. The van der Waals surface area contributed by atoms with Gasteiger partial charge in [-0.25, -0.2) is 28.1 Å². The van der Waals surface area contributed by atoms with Crippen molar-refractivity contribution in [2.45, 2.75) is 4.90 Å². The standard InChI is InChI=1S/C21H18N10O2S/c22-19-17(29-27-14-5-2-1-3-6-14)13-18(20(23)26-19)30-28-15-7-9-16(10-8-15)34(32,33)31-21-24-11-4-12-25-21/h1-13H,(H4,22,23,26)(H,24,25,31). The van der Waals surface area contributed by atoms with Crippen molar-refractivity contribution in [3.8, 4) is 0 Å². The van der Waals surface area contributed by atoms with Crippen molar-refractivity contribution in [2.75, 3.05) is 16.2 Å². The molecule has 5 N–H and O–H groups in total. The molecule has 0 amide bonds. The van der Waals surface area contributed by atoms with Crippen LogP contribution in [0.4, 0.5) is 40.3 Å². The molecular formula is C21H18N10O2S. The smallest absolute Gasteiger partial charge is 0.264 e. The van der Waals surface area contributed by atoms with Crippen molar-refractivity contribution < 1.29 is 8.42 Å². The van der Waals surface area contributed by atoms with Crippen LogP contribution in [-0.2, 0) is 10.0 Å². The molecule has 2 aromatic carbocycles. The number of nitrogen functional groups attached to an aromatic ring is 2. The monoisotopic (exact) mass is 474 g/mol. The molecule has 0 aliphatic carbocycles. The lowest BCUT2D eigenvalue weighted by atomic mass is 10.3. The molecule has 4 rings (SSSR count). The van der Waals surface area contributed by atoms with Gasteiger partial charge in [-0.3, -0.25) is 0 Å². The lowest BCUT2D eigenvalue weighted by Crippen LogP contribution is -2.14. The molecule has 2 heterocycles. The largest absolute Gasteiger partial charge is 0.382 e. The number of nitrogens with two attached hydrogens (primary N) is 2. The van der Waals surface area contributed by atoms with Gasteiger partial charge in [0.1, 0.15) is 11.4 Å². The molecule has 0 fully saturated rings. The molecule has 170 valence electrons. The Labute approximate surface area is 194 Å². The zero-order chi connectivity index (χ0) is 24.0. The van der Waals surface area contributed by atoms with Crippen molar-refractivity contribution in [2.24, 2.45) is 20.5 Å². The quantitative estimate of drug-likeness (QED) is 0.324. The second kappa shape index (κ2) is 9.79. The van der Waals surface area contributed by atoms with Crippen molar-refractivity contribution in [3.05, 3.63) is 79.1 Å². The summed E-state index contributed by atoms with van der Waals surface area (Å²) in [7, 11) is -3.86. The Hall–Kier alpha value is -4.78. The summed E-state index contributed by atoms with van der Waals surface area (Å²) in [5, 5.41) is 16.4. The van der Waals surface area contributed by atoms with E-state index in [1.807, 2.05) is 18.2 Å². The molecule has 0 saturated carbocycles. The Morgan fingerprint density at radius 1 is 0.706 bits per heavy atom. The average Bonchev–Trinajstić information content (AvgIpc) is 2.84. The first-order valence-corrected chi connectivity index (χ1v) is 11.2. The van der Waals surface area contributed by atoms with Gasteiger partial charge >= 0.3 is 0 Å². The van der Waals surface area contributed by atoms with Crippen molar-refractivity contribution in [1.29, 1.82) is 0 Å². The van der Waals surface area contributed by atoms with Crippen LogP contribution >= 0.6 is 0 Å². The molecule has 0 saturated heterocycles. The lowest BCUT2D eigenvalue weighted by Gasteiger charge is -2.06. The van der Waals surface area contributed by atoms with E-state index < -0.39 is 10.0 Å². The van der Waals surface area contributed by atoms with Crippen LogP contribution in [0.3, 0.4) is 0 Å². The average molecular weight is 475 g/mol. The van der Waals surface area contributed by atoms with Crippen LogP contribution < -0.4 is 16.2 Å². The number of hydrogen-bond acceptors (Lipinski definition) is 11. The summed E-state index contributed by atoms with van der Waals surface area (Å²) in [4.78, 5) is 11.7. The van der Waals surface area contributed by atoms with E-state index in [1.54, 1.807) is 18.2 Å². The minimum absolute atomic E-state index is 0.0104. The number of anilines is 3. The fourth-order valence-corrected chi connectivity index (χ4v) is 3.58. The molecule has 34 heavy (non-hydrogen) atoms. The van der Waals surface area contributed by atoms with E-state index in [0.29, 0.717) is 11.4 Å². The van der Waals surface area contributed by atoms with Crippen molar-refractivity contribution in [3.63, 3.8) is 0 Å². The number of nitrogens with one attached hydrogen (secondary N) is 1. The highest BCUT2D eigenvalue weighted by Gasteiger charge is 2.15. The third kappa shape index (κ3) is 5.52. The molecule has 0 aliphatic rings. The molecule has 12 nitrogen and oxygen atoms in total. The number of hydrogen-bond donors (Lipinski definition) is 3. The first-order chi connectivity index (χ1) is 16.4. The Morgan fingerprint density at radius 3 is 1.85 bits per heavy atom. The van der Waals surface area contributed by atoms with Gasteiger partial charge in [0.25, 0.3) is 10.0 Å². The Bertz CT molecular complexity index is 1440. The number of rotatable bonds is 7. The predicted molar refractivity (Wildman–Crippen MR) is 127 cm³/mol. The van der Waals surface area contributed by atoms with Gasteiger partial charge in [0.05, 0.1) is 16.3 Å². The van der Waals surface area contributed by atoms with Crippen LogP contribution in [0.2, 0.25) is 0 Å². The maximum absolute atomic E-state index is 12.5. The van der Waals surface area contributed by atoms with Crippen molar-refractivity contribution >= 4 is 50.4 Å². The Kier molecular flexibility index (Phi) is 6.45. The number of azo groups is 2. The summed E-state index contributed by atoms with van der Waals surface area (Å²) in [6.07, 6.45) is 2.86. The van der Waals surface area contributed by atoms with Crippen LogP contribution in [0.15, 0.2) is 104 Å². The minimum Gasteiger partial charge on any atom is -0.382 e. The van der Waals surface area contributed by atoms with E-state index in [-0.39, 0.29) is 33.9 Å². The molecule has 0 spiro atoms. The van der Waals surface area contributed by atoms with Crippen molar-refractivity contribution in [1.82, 2.24) is 15.0 Å². The van der Waals surface area contributed by atoms with Gasteiger partial charge in [-0.05, 0) is 42.5 Å². The summed E-state index contributed by atoms with van der Waals surface area (Å²) in [6.45, 7) is 0. The molecule has 13 heteroatoms. The molecule has 0 unspecified atom stereocenters. The van der Waals surface area contributed by atoms with E-state index >= 15 is 0 Å². The highest BCUT2D eigenvalue weighted by Crippen LogP contribution is 2.32. The van der Waals surface area contributed by atoms with Gasteiger partial charge in [0, 0.05) is 18.5 Å². The van der Waals surface area contributed by atoms with Gasteiger partial charge in [0.15, 0.2) is 11.6 Å². The maximum atomic E-state index is 12.5. The first kappa shape index (κ1) is 22.4. The van der Waals surface area contributed by atoms with Crippen LogP contribution in [0.1, 0.15) is 0 Å². The third-order valence-corrected chi connectivity index (χ3v) is 5.62. The van der Waals surface area contributed by atoms with Crippen LogP contribution in [0, 0.1) is 0 Å². The molecule has 0 atom stereocenters. The van der Waals surface area contributed by atoms with E-state index in [1.165, 1.54) is 42.7 Å².